The van der Waals surface area contributed by atoms with Crippen LogP contribution in [0.5, 0.6) is 11.5 Å². The van der Waals surface area contributed by atoms with E-state index in [4.69, 9.17) is 9.47 Å². The van der Waals surface area contributed by atoms with Crippen LogP contribution in [0.4, 0.5) is 5.69 Å². The summed E-state index contributed by atoms with van der Waals surface area (Å²) in [4.78, 5) is 23.2. The van der Waals surface area contributed by atoms with Crippen molar-refractivity contribution in [3.8, 4) is 17.3 Å². The number of nitro benzene ring substituents is 1. The second-order valence-electron chi connectivity index (χ2n) is 5.94. The molecule has 0 bridgehead atoms. The van der Waals surface area contributed by atoms with E-state index in [-0.39, 0.29) is 22.7 Å². The van der Waals surface area contributed by atoms with Crippen molar-refractivity contribution in [1.29, 1.82) is 0 Å². The average molecular weight is 370 g/mol. The van der Waals surface area contributed by atoms with E-state index in [9.17, 15) is 14.9 Å². The first kappa shape index (κ1) is 18.2. The first-order chi connectivity index (χ1) is 12.8. The van der Waals surface area contributed by atoms with Crippen LogP contribution in [-0.2, 0) is 7.05 Å². The molecule has 0 unspecified atom stereocenters. The van der Waals surface area contributed by atoms with Gasteiger partial charge in [-0.1, -0.05) is 0 Å². The summed E-state index contributed by atoms with van der Waals surface area (Å²) in [6.45, 7) is 3.83. The summed E-state index contributed by atoms with van der Waals surface area (Å²) in [5, 5.41) is 15.2. The zero-order chi connectivity index (χ0) is 19.7. The number of non-ortho nitro benzene ring substituents is 1. The molecule has 27 heavy (non-hydrogen) atoms. The topological polar surface area (TPSA) is 101 Å². The van der Waals surface area contributed by atoms with E-state index in [1.165, 1.54) is 25.4 Å². The molecular weight excluding hydrogens is 352 g/mol. The Balaban J connectivity index is 2.02. The fraction of sp³-hybridized carbons (Fsp3) is 0.222. The van der Waals surface area contributed by atoms with Crippen LogP contribution in [0.25, 0.3) is 5.82 Å². The normalized spacial score (nSPS) is 10.7. The van der Waals surface area contributed by atoms with Crippen LogP contribution in [0.15, 0.2) is 36.5 Å². The number of esters is 1. The van der Waals surface area contributed by atoms with E-state index in [1.54, 1.807) is 11.7 Å². The molecule has 0 atom stereocenters. The third-order valence-corrected chi connectivity index (χ3v) is 4.17. The van der Waals surface area contributed by atoms with Gasteiger partial charge in [0.1, 0.15) is 11.4 Å². The number of nitrogens with zero attached hydrogens (tertiary/aromatic N) is 4. The van der Waals surface area contributed by atoms with Crippen LogP contribution in [0.1, 0.15) is 21.7 Å². The number of rotatable bonds is 5. The summed E-state index contributed by atoms with van der Waals surface area (Å²) in [6, 6.07) is 7.67. The van der Waals surface area contributed by atoms with Gasteiger partial charge in [-0.05, 0) is 32.0 Å². The lowest BCUT2D eigenvalue weighted by Crippen LogP contribution is -2.15. The lowest BCUT2D eigenvalue weighted by molar-refractivity contribution is -0.384. The molecule has 0 aliphatic heterocycles. The molecule has 0 N–H and O–H groups in total. The molecule has 9 heteroatoms. The maximum atomic E-state index is 12.8. The Labute approximate surface area is 154 Å². The maximum Gasteiger partial charge on any atom is 0.349 e. The van der Waals surface area contributed by atoms with Crippen molar-refractivity contribution in [3.63, 3.8) is 0 Å². The van der Waals surface area contributed by atoms with Crippen molar-refractivity contribution in [2.45, 2.75) is 13.8 Å². The van der Waals surface area contributed by atoms with Crippen LogP contribution >= 0.6 is 0 Å². The minimum Gasteiger partial charge on any atom is -0.493 e. The molecule has 3 aromatic rings. The van der Waals surface area contributed by atoms with Crippen LogP contribution < -0.4 is 9.47 Å². The molecule has 0 aliphatic rings. The molecule has 0 aliphatic carbocycles. The van der Waals surface area contributed by atoms with Crippen molar-refractivity contribution in [2.75, 3.05) is 7.11 Å². The van der Waals surface area contributed by atoms with Crippen molar-refractivity contribution < 1.29 is 19.2 Å². The third kappa shape index (κ3) is 3.26. The van der Waals surface area contributed by atoms with Gasteiger partial charge < -0.3 is 14.0 Å². The first-order valence-electron chi connectivity index (χ1n) is 8.05. The Bertz CT molecular complexity index is 1020. The number of methoxy groups -OCH3 is 1. The molecule has 3 rings (SSSR count). The molecule has 140 valence electrons. The first-order valence-corrected chi connectivity index (χ1v) is 8.05. The van der Waals surface area contributed by atoms with Crippen molar-refractivity contribution in [3.05, 3.63) is 63.6 Å². The summed E-state index contributed by atoms with van der Waals surface area (Å²) in [7, 11) is 3.11. The molecule has 0 fully saturated rings. The van der Waals surface area contributed by atoms with Gasteiger partial charge in [-0.2, -0.15) is 5.10 Å². The molecule has 2 heterocycles. The Morgan fingerprint density at radius 3 is 2.41 bits per heavy atom. The van der Waals surface area contributed by atoms with Gasteiger partial charge >= 0.3 is 5.97 Å². The summed E-state index contributed by atoms with van der Waals surface area (Å²) < 4.78 is 14.0. The smallest absolute Gasteiger partial charge is 0.349 e. The van der Waals surface area contributed by atoms with Gasteiger partial charge in [0.25, 0.3) is 5.69 Å². The summed E-state index contributed by atoms with van der Waals surface area (Å²) in [6.07, 6.45) is 1.40. The highest BCUT2D eigenvalue weighted by molar-refractivity contribution is 5.94. The standard InChI is InChI=1S/C18H18N4O5/c1-11-5-6-12(2)21(11)17-14(10-19-20(17)3)18(23)27-16-9-13(22(24)25)7-8-15(16)26-4/h5-10H,1-4H3. The minimum atomic E-state index is -0.690. The molecule has 1 aromatic carbocycles. The number of ether oxygens (including phenoxy) is 2. The number of aromatic nitrogens is 3. The molecule has 2 aromatic heterocycles. The van der Waals surface area contributed by atoms with Gasteiger partial charge in [0.2, 0.25) is 0 Å². The van der Waals surface area contributed by atoms with Gasteiger partial charge in [-0.25, -0.2) is 4.79 Å². The average Bonchev–Trinajstić information content (AvgIpc) is 3.16. The van der Waals surface area contributed by atoms with Crippen LogP contribution in [0.3, 0.4) is 0 Å². The van der Waals surface area contributed by atoms with E-state index in [2.05, 4.69) is 5.10 Å². The van der Waals surface area contributed by atoms with Gasteiger partial charge in [0.05, 0.1) is 24.3 Å². The molecule has 0 spiro atoms. The Morgan fingerprint density at radius 1 is 1.15 bits per heavy atom. The minimum absolute atomic E-state index is 0.0348. The third-order valence-electron chi connectivity index (χ3n) is 4.17. The Kier molecular flexibility index (Phi) is 4.68. The Hall–Kier alpha value is -3.62. The molecule has 9 nitrogen and oxygen atoms in total. The highest BCUT2D eigenvalue weighted by Crippen LogP contribution is 2.32. The summed E-state index contributed by atoms with van der Waals surface area (Å²) in [5.74, 6) is 0.0361. The van der Waals surface area contributed by atoms with E-state index in [1.807, 2.05) is 30.5 Å². The predicted molar refractivity (Wildman–Crippen MR) is 96.6 cm³/mol. The van der Waals surface area contributed by atoms with Crippen molar-refractivity contribution >= 4 is 11.7 Å². The van der Waals surface area contributed by atoms with E-state index >= 15 is 0 Å². The highest BCUT2D eigenvalue weighted by Gasteiger charge is 2.23. The van der Waals surface area contributed by atoms with Crippen LogP contribution in [-0.4, -0.2) is 32.3 Å². The molecule has 0 amide bonds. The molecule has 0 saturated carbocycles. The number of nitro groups is 1. The van der Waals surface area contributed by atoms with Crippen LogP contribution in [0, 0.1) is 24.0 Å². The van der Waals surface area contributed by atoms with Crippen LogP contribution in [0.2, 0.25) is 0 Å². The number of benzene rings is 1. The van der Waals surface area contributed by atoms with Gasteiger partial charge in [0, 0.05) is 24.5 Å². The fourth-order valence-corrected chi connectivity index (χ4v) is 2.86. The maximum absolute atomic E-state index is 12.8. The van der Waals surface area contributed by atoms with Crippen molar-refractivity contribution in [2.24, 2.45) is 7.05 Å². The number of hydrogen-bond acceptors (Lipinski definition) is 6. The number of carbonyl (C=O) groups excluding carboxylic acids is 1. The van der Waals surface area contributed by atoms with E-state index < -0.39 is 10.9 Å². The number of aryl methyl sites for hydroxylation is 3. The SMILES string of the molecule is COc1ccc([N+](=O)[O-])cc1OC(=O)c1cnn(C)c1-n1c(C)ccc1C. The molecule has 0 radical (unpaired) electrons. The molecular formula is C18H18N4O5. The predicted octanol–water partition coefficient (Wildman–Crippen LogP) is 2.96. The Morgan fingerprint density at radius 2 is 1.81 bits per heavy atom. The molecule has 0 saturated heterocycles. The lowest BCUT2D eigenvalue weighted by atomic mass is 10.2. The summed E-state index contributed by atoms with van der Waals surface area (Å²) in [5.41, 5.74) is 1.88. The highest BCUT2D eigenvalue weighted by atomic mass is 16.6. The van der Waals surface area contributed by atoms with Gasteiger partial charge in [-0.15, -0.1) is 0 Å². The van der Waals surface area contributed by atoms with E-state index in [0.717, 1.165) is 17.5 Å². The second kappa shape index (κ2) is 6.94. The zero-order valence-corrected chi connectivity index (χ0v) is 15.3. The lowest BCUT2D eigenvalue weighted by Gasteiger charge is -2.13. The zero-order valence-electron chi connectivity index (χ0n) is 15.3. The van der Waals surface area contributed by atoms with E-state index in [0.29, 0.717) is 5.82 Å². The second-order valence-corrected chi connectivity index (χ2v) is 5.94. The van der Waals surface area contributed by atoms with Gasteiger partial charge in [0.15, 0.2) is 11.5 Å². The largest absolute Gasteiger partial charge is 0.493 e. The summed E-state index contributed by atoms with van der Waals surface area (Å²) >= 11 is 0. The van der Waals surface area contributed by atoms with Crippen molar-refractivity contribution in [1.82, 2.24) is 14.3 Å². The number of hydrogen-bond donors (Lipinski definition) is 0. The number of carbonyl (C=O) groups is 1. The fourth-order valence-electron chi connectivity index (χ4n) is 2.86. The monoisotopic (exact) mass is 370 g/mol. The quantitative estimate of drug-likeness (QED) is 0.296. The van der Waals surface area contributed by atoms with Gasteiger partial charge in [-0.3, -0.25) is 14.8 Å².